The first-order chi connectivity index (χ1) is 12.3. The van der Waals surface area contributed by atoms with Gasteiger partial charge in [0.05, 0.1) is 5.92 Å². The number of ether oxygens (including phenoxy) is 1. The Morgan fingerprint density at radius 3 is 2.46 bits per heavy atom. The van der Waals surface area contributed by atoms with E-state index in [1.165, 1.54) is 0 Å². The highest BCUT2D eigenvalue weighted by molar-refractivity contribution is 6.55. The van der Waals surface area contributed by atoms with Gasteiger partial charge in [0.15, 0.2) is 0 Å². The highest BCUT2D eigenvalue weighted by atomic mass is 35.5. The van der Waals surface area contributed by atoms with Crippen LogP contribution in [0.1, 0.15) is 25.0 Å². The molecule has 2 aromatic carbocycles. The van der Waals surface area contributed by atoms with Gasteiger partial charge in [0, 0.05) is 0 Å². The molecule has 0 saturated heterocycles. The largest absolute Gasteiger partial charge is 0.461 e. The second kappa shape index (κ2) is 7.46. The van der Waals surface area contributed by atoms with Crippen LogP contribution < -0.4 is 0 Å². The molecule has 0 radical (unpaired) electrons. The lowest BCUT2D eigenvalue weighted by atomic mass is 9.97. The van der Waals surface area contributed by atoms with Crippen LogP contribution in [0.5, 0.6) is 0 Å². The molecular formula is C22H22Cl2O2. The molecule has 0 N–H and O–H groups in total. The van der Waals surface area contributed by atoms with Crippen LogP contribution in [0.25, 0.3) is 11.1 Å². The Labute approximate surface area is 164 Å². The van der Waals surface area contributed by atoms with E-state index < -0.39 is 0 Å². The van der Waals surface area contributed by atoms with Gasteiger partial charge >= 0.3 is 5.97 Å². The maximum atomic E-state index is 12.5. The monoisotopic (exact) mass is 388 g/mol. The van der Waals surface area contributed by atoms with E-state index in [0.717, 1.165) is 22.3 Å². The molecule has 1 aliphatic rings. The summed E-state index contributed by atoms with van der Waals surface area (Å²) in [5, 5.41) is 0. The molecule has 0 amide bonds. The predicted octanol–water partition coefficient (Wildman–Crippen LogP) is 6.30. The van der Waals surface area contributed by atoms with Gasteiger partial charge in [-0.05, 0) is 46.6 Å². The van der Waals surface area contributed by atoms with E-state index in [9.17, 15) is 4.79 Å². The van der Waals surface area contributed by atoms with Crippen molar-refractivity contribution in [1.82, 2.24) is 0 Å². The Kier molecular flexibility index (Phi) is 5.45. The van der Waals surface area contributed by atoms with E-state index in [2.05, 4.69) is 25.1 Å². The van der Waals surface area contributed by atoms with Gasteiger partial charge in [-0.1, -0.05) is 85.6 Å². The van der Waals surface area contributed by atoms with Crippen LogP contribution in [0.15, 0.2) is 59.1 Å². The van der Waals surface area contributed by atoms with E-state index in [0.29, 0.717) is 0 Å². The third-order valence-corrected chi connectivity index (χ3v) is 5.62. The van der Waals surface area contributed by atoms with Gasteiger partial charge < -0.3 is 4.74 Å². The van der Waals surface area contributed by atoms with Crippen LogP contribution in [-0.4, -0.2) is 5.97 Å². The third-order valence-electron chi connectivity index (χ3n) is 5.37. The number of carbonyl (C=O) groups excluding carboxylic acids is 1. The highest BCUT2D eigenvalue weighted by Crippen LogP contribution is 2.60. The molecule has 1 unspecified atom stereocenters. The smallest absolute Gasteiger partial charge is 0.310 e. The van der Waals surface area contributed by atoms with Crippen molar-refractivity contribution in [3.63, 3.8) is 0 Å². The standard InChI is InChI=1S/C22H22Cl2O2/c1-14-16(10-7-11-17(14)15-8-5-4-6-9-15)13-26-21(25)20-18(12-19(23)24)22(20,2)3/h4-12,18,20H,13H2,1-3H3/t18-,20?/m0/s1. The van der Waals surface area contributed by atoms with Gasteiger partial charge in [0.2, 0.25) is 0 Å². The van der Waals surface area contributed by atoms with Crippen molar-refractivity contribution in [3.05, 3.63) is 70.2 Å². The minimum absolute atomic E-state index is 0.0248. The van der Waals surface area contributed by atoms with Crippen molar-refractivity contribution in [3.8, 4) is 11.1 Å². The summed E-state index contributed by atoms with van der Waals surface area (Å²) in [6, 6.07) is 16.3. The molecule has 0 bridgehead atoms. The van der Waals surface area contributed by atoms with E-state index >= 15 is 0 Å². The first kappa shape index (κ1) is 19.0. The quantitative estimate of drug-likeness (QED) is 0.561. The molecular weight excluding hydrogens is 367 g/mol. The Balaban J connectivity index is 1.71. The van der Waals surface area contributed by atoms with Gasteiger partial charge in [0.25, 0.3) is 0 Å². The number of rotatable bonds is 5. The number of halogens is 2. The minimum atomic E-state index is -0.201. The van der Waals surface area contributed by atoms with E-state index in [4.69, 9.17) is 27.9 Å². The Morgan fingerprint density at radius 2 is 1.81 bits per heavy atom. The van der Waals surface area contributed by atoms with E-state index in [1.54, 1.807) is 6.08 Å². The molecule has 1 aliphatic carbocycles. The maximum absolute atomic E-state index is 12.5. The number of allylic oxidation sites excluding steroid dienone is 1. The summed E-state index contributed by atoms with van der Waals surface area (Å²) in [4.78, 5) is 12.5. The van der Waals surface area contributed by atoms with Crippen molar-refractivity contribution < 1.29 is 9.53 Å². The number of carbonyl (C=O) groups is 1. The molecule has 0 heterocycles. The maximum Gasteiger partial charge on any atom is 0.310 e. The van der Waals surface area contributed by atoms with Gasteiger partial charge in [0.1, 0.15) is 11.1 Å². The fourth-order valence-electron chi connectivity index (χ4n) is 3.58. The molecule has 2 atom stereocenters. The summed E-state index contributed by atoms with van der Waals surface area (Å²) in [7, 11) is 0. The molecule has 3 rings (SSSR count). The summed E-state index contributed by atoms with van der Waals surface area (Å²) < 4.78 is 5.82. The van der Waals surface area contributed by atoms with Crippen molar-refractivity contribution in [2.45, 2.75) is 27.4 Å². The number of hydrogen-bond donors (Lipinski definition) is 0. The van der Waals surface area contributed by atoms with Crippen molar-refractivity contribution >= 4 is 29.2 Å². The second-order valence-electron chi connectivity index (χ2n) is 7.34. The van der Waals surface area contributed by atoms with Crippen LogP contribution in [0.3, 0.4) is 0 Å². The summed E-state index contributed by atoms with van der Waals surface area (Å²) in [5.74, 6) is -0.375. The SMILES string of the molecule is Cc1c(COC(=O)C2[C@H](C=C(Cl)Cl)C2(C)C)cccc1-c1ccccc1. The molecule has 1 saturated carbocycles. The molecule has 2 nitrogen and oxygen atoms in total. The molecule has 0 spiro atoms. The minimum Gasteiger partial charge on any atom is -0.461 e. The third kappa shape index (κ3) is 3.82. The lowest BCUT2D eigenvalue weighted by molar-refractivity contribution is -0.147. The fourth-order valence-corrected chi connectivity index (χ4v) is 3.86. The Bertz CT molecular complexity index is 836. The number of hydrogen-bond acceptors (Lipinski definition) is 2. The number of esters is 1. The normalized spacial score (nSPS) is 20.3. The molecule has 2 aromatic rings. The average molecular weight is 389 g/mol. The summed E-state index contributed by atoms with van der Waals surface area (Å²) in [5.41, 5.74) is 4.28. The van der Waals surface area contributed by atoms with Gasteiger partial charge in [-0.15, -0.1) is 0 Å². The molecule has 0 aromatic heterocycles. The number of benzene rings is 2. The zero-order valence-corrected chi connectivity index (χ0v) is 16.6. The van der Waals surface area contributed by atoms with Crippen molar-refractivity contribution in [1.29, 1.82) is 0 Å². The molecule has 4 heteroatoms. The first-order valence-electron chi connectivity index (χ1n) is 8.65. The molecule has 1 fully saturated rings. The highest BCUT2D eigenvalue weighted by Gasteiger charge is 2.61. The lowest BCUT2D eigenvalue weighted by Crippen LogP contribution is -2.11. The molecule has 26 heavy (non-hydrogen) atoms. The van der Waals surface area contributed by atoms with Crippen LogP contribution in [0.2, 0.25) is 0 Å². The second-order valence-corrected chi connectivity index (χ2v) is 8.35. The first-order valence-corrected chi connectivity index (χ1v) is 9.41. The fraction of sp³-hybridized carbons (Fsp3) is 0.318. The van der Waals surface area contributed by atoms with Crippen LogP contribution >= 0.6 is 23.2 Å². The van der Waals surface area contributed by atoms with E-state index in [-0.39, 0.29) is 34.3 Å². The summed E-state index contributed by atoms with van der Waals surface area (Å²) >= 11 is 11.5. The lowest BCUT2D eigenvalue weighted by Gasteiger charge is -2.12. The topological polar surface area (TPSA) is 26.3 Å². The van der Waals surface area contributed by atoms with Crippen LogP contribution in [0, 0.1) is 24.2 Å². The average Bonchev–Trinajstić information content (AvgIpc) is 3.14. The van der Waals surface area contributed by atoms with Gasteiger partial charge in [-0.3, -0.25) is 4.79 Å². The van der Waals surface area contributed by atoms with Crippen LogP contribution in [-0.2, 0) is 16.1 Å². The zero-order valence-electron chi connectivity index (χ0n) is 15.1. The molecule has 0 aliphatic heterocycles. The van der Waals surface area contributed by atoms with E-state index in [1.807, 2.05) is 44.2 Å². The van der Waals surface area contributed by atoms with Gasteiger partial charge in [-0.2, -0.15) is 0 Å². The van der Waals surface area contributed by atoms with Crippen molar-refractivity contribution in [2.24, 2.45) is 17.3 Å². The summed E-state index contributed by atoms with van der Waals surface area (Å²) in [6.45, 7) is 6.38. The van der Waals surface area contributed by atoms with Gasteiger partial charge in [-0.25, -0.2) is 0 Å². The molecule has 136 valence electrons. The predicted molar refractivity (Wildman–Crippen MR) is 107 cm³/mol. The Hall–Kier alpha value is -1.77. The summed E-state index contributed by atoms with van der Waals surface area (Å²) in [6.07, 6.45) is 1.73. The zero-order chi connectivity index (χ0) is 18.9. The Morgan fingerprint density at radius 1 is 1.12 bits per heavy atom. The van der Waals surface area contributed by atoms with Crippen molar-refractivity contribution in [2.75, 3.05) is 0 Å². The van der Waals surface area contributed by atoms with Crippen LogP contribution in [0.4, 0.5) is 0 Å².